The molecular weight excluding hydrogens is 254 g/mol. The zero-order valence-corrected chi connectivity index (χ0v) is 11.6. The topological polar surface area (TPSA) is 62.3 Å². The van der Waals surface area contributed by atoms with Gasteiger partial charge in [0.15, 0.2) is 11.5 Å². The van der Waals surface area contributed by atoms with E-state index in [4.69, 9.17) is 15.2 Å². The van der Waals surface area contributed by atoms with Crippen LogP contribution in [0.25, 0.3) is 11.3 Å². The van der Waals surface area contributed by atoms with Gasteiger partial charge >= 0.3 is 0 Å². The van der Waals surface area contributed by atoms with Crippen LogP contribution in [0.4, 0.5) is 5.82 Å². The van der Waals surface area contributed by atoms with Crippen LogP contribution >= 0.6 is 0 Å². The van der Waals surface area contributed by atoms with E-state index in [0.717, 1.165) is 42.1 Å². The summed E-state index contributed by atoms with van der Waals surface area (Å²) < 4.78 is 13.3. The summed E-state index contributed by atoms with van der Waals surface area (Å²) in [6, 6.07) is 5.85. The third-order valence-corrected chi connectivity index (χ3v) is 3.36. The van der Waals surface area contributed by atoms with E-state index in [0.29, 0.717) is 19.0 Å². The number of ether oxygens (including phenoxy) is 2. The Hall–Kier alpha value is -2.17. The van der Waals surface area contributed by atoms with Crippen LogP contribution in [0, 0.1) is 0 Å². The fraction of sp³-hybridized carbons (Fsp3) is 0.400. The third kappa shape index (κ3) is 2.31. The van der Waals surface area contributed by atoms with Gasteiger partial charge < -0.3 is 19.8 Å². The summed E-state index contributed by atoms with van der Waals surface area (Å²) in [7, 11) is 0. The highest BCUT2D eigenvalue weighted by atomic mass is 16.5. The minimum Gasteiger partial charge on any atom is -0.490 e. The van der Waals surface area contributed by atoms with Crippen molar-refractivity contribution < 1.29 is 9.47 Å². The summed E-state index contributed by atoms with van der Waals surface area (Å²) in [5.41, 5.74) is 7.92. The second-order valence-electron chi connectivity index (χ2n) is 4.88. The normalized spacial score (nSPS) is 14.1. The molecule has 106 valence electrons. The number of hydrogen-bond acceptors (Lipinski definition) is 4. The maximum atomic E-state index is 6.16. The maximum Gasteiger partial charge on any atom is 0.161 e. The first-order valence-electron chi connectivity index (χ1n) is 7.00. The fourth-order valence-corrected chi connectivity index (χ4v) is 2.34. The Balaban J connectivity index is 1.96. The first-order valence-corrected chi connectivity index (χ1v) is 7.00. The molecule has 2 N–H and O–H groups in total. The van der Waals surface area contributed by atoms with Gasteiger partial charge in [0.05, 0.1) is 19.5 Å². The van der Waals surface area contributed by atoms with Crippen molar-refractivity contribution in [3.8, 4) is 22.8 Å². The summed E-state index contributed by atoms with van der Waals surface area (Å²) in [4.78, 5) is 4.42. The molecule has 1 aliphatic rings. The summed E-state index contributed by atoms with van der Waals surface area (Å²) in [6.07, 6.45) is 3.72. The van der Waals surface area contributed by atoms with E-state index in [1.165, 1.54) is 0 Å². The highest BCUT2D eigenvalue weighted by Crippen LogP contribution is 2.35. The van der Waals surface area contributed by atoms with Crippen LogP contribution in [-0.4, -0.2) is 22.8 Å². The van der Waals surface area contributed by atoms with E-state index in [-0.39, 0.29) is 0 Å². The van der Waals surface area contributed by atoms with Crippen LogP contribution in [-0.2, 0) is 6.54 Å². The number of benzene rings is 1. The molecule has 1 aromatic carbocycles. The van der Waals surface area contributed by atoms with Gasteiger partial charge in [-0.15, -0.1) is 0 Å². The number of nitrogens with two attached hydrogens (primary N) is 1. The molecule has 0 aliphatic carbocycles. The Labute approximate surface area is 118 Å². The molecular formula is C15H19N3O2. The van der Waals surface area contributed by atoms with Gasteiger partial charge in [-0.25, -0.2) is 4.98 Å². The van der Waals surface area contributed by atoms with Crippen LogP contribution < -0.4 is 15.2 Å². The van der Waals surface area contributed by atoms with Crippen LogP contribution in [0.15, 0.2) is 24.5 Å². The number of aryl methyl sites for hydroxylation is 1. The van der Waals surface area contributed by atoms with Gasteiger partial charge in [0.2, 0.25) is 0 Å². The van der Waals surface area contributed by atoms with E-state index < -0.39 is 0 Å². The second kappa shape index (κ2) is 5.45. The van der Waals surface area contributed by atoms with Crippen LogP contribution in [0.2, 0.25) is 0 Å². The number of rotatable bonds is 3. The molecule has 5 nitrogen and oxygen atoms in total. The lowest BCUT2D eigenvalue weighted by Crippen LogP contribution is -2.01. The quantitative estimate of drug-likeness (QED) is 0.934. The van der Waals surface area contributed by atoms with Crippen molar-refractivity contribution >= 4 is 5.82 Å². The SMILES string of the molecule is CCCn1cnc(-c2ccc3c(c2)OCCCO3)c1N. The minimum absolute atomic E-state index is 0.677. The molecule has 0 spiro atoms. The number of nitrogen functional groups attached to an aromatic ring is 1. The van der Waals surface area contributed by atoms with Gasteiger partial charge in [-0.1, -0.05) is 6.92 Å². The second-order valence-corrected chi connectivity index (χ2v) is 4.88. The number of nitrogens with zero attached hydrogens (tertiary/aromatic N) is 2. The van der Waals surface area contributed by atoms with Gasteiger partial charge in [0.25, 0.3) is 0 Å². The lowest BCUT2D eigenvalue weighted by atomic mass is 10.1. The lowest BCUT2D eigenvalue weighted by Gasteiger charge is -2.09. The first-order chi connectivity index (χ1) is 9.79. The van der Waals surface area contributed by atoms with E-state index in [1.807, 2.05) is 22.8 Å². The van der Waals surface area contributed by atoms with Crippen LogP contribution in [0.5, 0.6) is 11.5 Å². The number of fused-ring (bicyclic) bond motifs is 1. The van der Waals surface area contributed by atoms with Gasteiger partial charge in [-0.2, -0.15) is 0 Å². The van der Waals surface area contributed by atoms with Crippen molar-refractivity contribution in [3.63, 3.8) is 0 Å². The van der Waals surface area contributed by atoms with Crippen molar-refractivity contribution in [3.05, 3.63) is 24.5 Å². The molecule has 0 amide bonds. The maximum absolute atomic E-state index is 6.16. The molecule has 2 heterocycles. The number of anilines is 1. The van der Waals surface area contributed by atoms with Crippen molar-refractivity contribution in [2.24, 2.45) is 0 Å². The first kappa shape index (κ1) is 12.8. The predicted octanol–water partition coefficient (Wildman–Crippen LogP) is 2.70. The zero-order valence-electron chi connectivity index (χ0n) is 11.6. The van der Waals surface area contributed by atoms with E-state index in [2.05, 4.69) is 11.9 Å². The molecule has 0 bridgehead atoms. The Morgan fingerprint density at radius 2 is 2.05 bits per heavy atom. The monoisotopic (exact) mass is 273 g/mol. The van der Waals surface area contributed by atoms with E-state index in [1.54, 1.807) is 6.33 Å². The molecule has 0 saturated carbocycles. The highest BCUT2D eigenvalue weighted by molar-refractivity contribution is 5.72. The summed E-state index contributed by atoms with van der Waals surface area (Å²) in [6.45, 7) is 4.37. The van der Waals surface area contributed by atoms with Crippen molar-refractivity contribution in [1.29, 1.82) is 0 Å². The van der Waals surface area contributed by atoms with Crippen molar-refractivity contribution in [2.75, 3.05) is 18.9 Å². The molecule has 3 rings (SSSR count). The predicted molar refractivity (Wildman–Crippen MR) is 78.0 cm³/mol. The number of imidazole rings is 1. The molecule has 0 atom stereocenters. The minimum atomic E-state index is 0.677. The average molecular weight is 273 g/mol. The molecule has 5 heteroatoms. The Morgan fingerprint density at radius 3 is 2.85 bits per heavy atom. The molecule has 20 heavy (non-hydrogen) atoms. The smallest absolute Gasteiger partial charge is 0.161 e. The van der Waals surface area contributed by atoms with Gasteiger partial charge in [-0.05, 0) is 24.6 Å². The summed E-state index contributed by atoms with van der Waals surface area (Å²) in [5.74, 6) is 2.25. The van der Waals surface area contributed by atoms with E-state index >= 15 is 0 Å². The Kier molecular flexibility index (Phi) is 3.50. The lowest BCUT2D eigenvalue weighted by molar-refractivity contribution is 0.297. The van der Waals surface area contributed by atoms with Crippen molar-refractivity contribution in [2.45, 2.75) is 26.3 Å². The van der Waals surface area contributed by atoms with Gasteiger partial charge in [0.1, 0.15) is 11.5 Å². The molecule has 0 fully saturated rings. The van der Waals surface area contributed by atoms with Gasteiger partial charge in [0, 0.05) is 18.5 Å². The molecule has 0 radical (unpaired) electrons. The highest BCUT2D eigenvalue weighted by Gasteiger charge is 2.15. The number of aromatic nitrogens is 2. The van der Waals surface area contributed by atoms with Crippen LogP contribution in [0.1, 0.15) is 19.8 Å². The molecule has 0 saturated heterocycles. The molecule has 0 unspecified atom stereocenters. The van der Waals surface area contributed by atoms with Gasteiger partial charge in [-0.3, -0.25) is 0 Å². The molecule has 1 aliphatic heterocycles. The zero-order chi connectivity index (χ0) is 13.9. The molecule has 1 aromatic heterocycles. The fourth-order valence-electron chi connectivity index (χ4n) is 2.34. The van der Waals surface area contributed by atoms with Crippen LogP contribution in [0.3, 0.4) is 0 Å². The summed E-state index contributed by atoms with van der Waals surface area (Å²) in [5, 5.41) is 0. The van der Waals surface area contributed by atoms with E-state index in [9.17, 15) is 0 Å². The standard InChI is InChI=1S/C15H19N3O2/c1-2-6-18-10-17-14(15(18)16)11-4-5-12-13(9-11)20-8-3-7-19-12/h4-5,9-10H,2-3,6-8,16H2,1H3. The summed E-state index contributed by atoms with van der Waals surface area (Å²) >= 11 is 0. The molecule has 2 aromatic rings. The van der Waals surface area contributed by atoms with Crippen molar-refractivity contribution in [1.82, 2.24) is 9.55 Å². The largest absolute Gasteiger partial charge is 0.490 e. The average Bonchev–Trinajstić information content (AvgIpc) is 2.69. The Bertz CT molecular complexity index is 607. The Morgan fingerprint density at radius 1 is 1.25 bits per heavy atom. The number of hydrogen-bond donors (Lipinski definition) is 1. The third-order valence-electron chi connectivity index (χ3n) is 3.36.